The van der Waals surface area contributed by atoms with Gasteiger partial charge < -0.3 is 10.2 Å². The van der Waals surface area contributed by atoms with E-state index in [1.807, 2.05) is 0 Å². The summed E-state index contributed by atoms with van der Waals surface area (Å²) in [6.07, 6.45) is 0. The summed E-state index contributed by atoms with van der Waals surface area (Å²) < 4.78 is 0. The van der Waals surface area contributed by atoms with E-state index in [0.717, 1.165) is 0 Å². The standard InChI is InChI=1S/C8H6N4O4/c13-7(14)5-1-3(9-11-5)4-2-6(8(15)16)12-10-4/h1-2H,(H,9,11)(H,10,12)(H,13,14)(H,15,16). The number of aromatic amines is 2. The van der Waals surface area contributed by atoms with Gasteiger partial charge in [0, 0.05) is 12.1 Å². The lowest BCUT2D eigenvalue weighted by Gasteiger charge is -1.84. The van der Waals surface area contributed by atoms with Crippen LogP contribution in [0.5, 0.6) is 0 Å². The van der Waals surface area contributed by atoms with Gasteiger partial charge in [0.2, 0.25) is 0 Å². The highest BCUT2D eigenvalue weighted by Gasteiger charge is 2.13. The van der Waals surface area contributed by atoms with Crippen molar-refractivity contribution < 1.29 is 19.8 Å². The highest BCUT2D eigenvalue weighted by Crippen LogP contribution is 2.15. The Balaban J connectivity index is 2.35. The molecule has 0 amide bonds. The van der Waals surface area contributed by atoms with Gasteiger partial charge in [0.05, 0.1) is 5.69 Å². The van der Waals surface area contributed by atoms with Crippen molar-refractivity contribution in [3.05, 3.63) is 23.5 Å². The molecule has 0 radical (unpaired) electrons. The second kappa shape index (κ2) is 3.50. The fraction of sp³-hybridized carbons (Fsp3) is 0. The highest BCUT2D eigenvalue weighted by molar-refractivity contribution is 5.88. The maximum Gasteiger partial charge on any atom is 0.356 e. The molecule has 0 spiro atoms. The molecule has 0 saturated heterocycles. The van der Waals surface area contributed by atoms with E-state index in [9.17, 15) is 9.59 Å². The van der Waals surface area contributed by atoms with E-state index in [-0.39, 0.29) is 17.1 Å². The van der Waals surface area contributed by atoms with Gasteiger partial charge in [-0.25, -0.2) is 9.59 Å². The lowest BCUT2D eigenvalue weighted by molar-refractivity contribution is 0.0679. The number of carboxylic acid groups (broad SMARTS) is 2. The summed E-state index contributed by atoms with van der Waals surface area (Å²) in [5.41, 5.74) is 0.384. The monoisotopic (exact) mass is 222 g/mol. The van der Waals surface area contributed by atoms with Crippen molar-refractivity contribution in [2.24, 2.45) is 0 Å². The number of H-pyrrole nitrogens is 2. The molecule has 0 aliphatic heterocycles. The maximum absolute atomic E-state index is 10.6. The lowest BCUT2D eigenvalue weighted by Crippen LogP contribution is -1.95. The first-order valence-electron chi connectivity index (χ1n) is 4.15. The predicted molar refractivity (Wildman–Crippen MR) is 50.1 cm³/mol. The summed E-state index contributed by atoms with van der Waals surface area (Å²) in [5.74, 6) is -2.31. The Morgan fingerprint density at radius 3 is 2.31 bits per heavy atom. The van der Waals surface area contributed by atoms with Crippen LogP contribution in [0.4, 0.5) is 0 Å². The summed E-state index contributed by atoms with van der Waals surface area (Å²) in [4.78, 5) is 21.1. The Morgan fingerprint density at radius 1 is 1.06 bits per heavy atom. The first kappa shape index (κ1) is 9.90. The molecule has 2 rings (SSSR count). The molecule has 0 aromatic carbocycles. The SMILES string of the molecule is O=C(O)c1cc(-c2cc(C(=O)O)[nH]n2)[nH]n1. The van der Waals surface area contributed by atoms with E-state index in [4.69, 9.17) is 10.2 Å². The van der Waals surface area contributed by atoms with Gasteiger partial charge in [0.1, 0.15) is 11.4 Å². The normalized spacial score (nSPS) is 10.2. The summed E-state index contributed by atoms with van der Waals surface area (Å²) in [7, 11) is 0. The van der Waals surface area contributed by atoms with Crippen LogP contribution in [0.1, 0.15) is 21.0 Å². The number of aromatic nitrogens is 4. The smallest absolute Gasteiger partial charge is 0.356 e. The number of rotatable bonds is 3. The fourth-order valence-electron chi connectivity index (χ4n) is 1.13. The molecular weight excluding hydrogens is 216 g/mol. The number of aromatic carboxylic acids is 2. The molecule has 4 N–H and O–H groups in total. The van der Waals surface area contributed by atoms with Gasteiger partial charge in [-0.3, -0.25) is 10.2 Å². The van der Waals surface area contributed by atoms with Crippen molar-refractivity contribution in [1.29, 1.82) is 0 Å². The van der Waals surface area contributed by atoms with Crippen molar-refractivity contribution in [2.75, 3.05) is 0 Å². The first-order valence-corrected chi connectivity index (χ1v) is 4.15. The van der Waals surface area contributed by atoms with E-state index in [1.165, 1.54) is 12.1 Å². The fourth-order valence-corrected chi connectivity index (χ4v) is 1.13. The molecule has 82 valence electrons. The van der Waals surface area contributed by atoms with Gasteiger partial charge in [-0.2, -0.15) is 10.2 Å². The minimum atomic E-state index is -1.17. The highest BCUT2D eigenvalue weighted by atomic mass is 16.4. The average Bonchev–Trinajstić information content (AvgIpc) is 2.86. The van der Waals surface area contributed by atoms with Crippen LogP contribution in [0.25, 0.3) is 11.4 Å². The molecule has 16 heavy (non-hydrogen) atoms. The van der Waals surface area contributed by atoms with Crippen LogP contribution in [0.2, 0.25) is 0 Å². The maximum atomic E-state index is 10.6. The van der Waals surface area contributed by atoms with E-state index >= 15 is 0 Å². The largest absolute Gasteiger partial charge is 0.477 e. The quantitative estimate of drug-likeness (QED) is 0.586. The third kappa shape index (κ3) is 1.63. The number of hydrogen-bond acceptors (Lipinski definition) is 4. The lowest BCUT2D eigenvalue weighted by atomic mass is 10.2. The Hall–Kier alpha value is -2.64. The van der Waals surface area contributed by atoms with E-state index in [0.29, 0.717) is 5.69 Å². The van der Waals surface area contributed by atoms with Crippen molar-refractivity contribution >= 4 is 11.9 Å². The molecule has 8 heteroatoms. The molecule has 0 unspecified atom stereocenters. The van der Waals surface area contributed by atoms with E-state index in [2.05, 4.69) is 20.4 Å². The van der Waals surface area contributed by atoms with Gasteiger partial charge in [0.25, 0.3) is 0 Å². The first-order chi connectivity index (χ1) is 7.58. The third-order valence-corrected chi connectivity index (χ3v) is 1.88. The predicted octanol–water partition coefficient (Wildman–Crippen LogP) is 0.196. The van der Waals surface area contributed by atoms with Crippen LogP contribution in [-0.2, 0) is 0 Å². The van der Waals surface area contributed by atoms with E-state index < -0.39 is 11.9 Å². The molecule has 0 atom stereocenters. The number of nitrogens with zero attached hydrogens (tertiary/aromatic N) is 2. The number of carbonyl (C=O) groups is 2. The minimum Gasteiger partial charge on any atom is -0.477 e. The van der Waals surface area contributed by atoms with Crippen molar-refractivity contribution in [1.82, 2.24) is 20.4 Å². The molecule has 2 aromatic rings. The number of hydrogen-bond donors (Lipinski definition) is 4. The van der Waals surface area contributed by atoms with Crippen LogP contribution < -0.4 is 0 Å². The van der Waals surface area contributed by atoms with Crippen molar-refractivity contribution in [3.63, 3.8) is 0 Å². The molecule has 0 bridgehead atoms. The van der Waals surface area contributed by atoms with Gasteiger partial charge >= 0.3 is 11.9 Å². The van der Waals surface area contributed by atoms with Crippen LogP contribution in [0.15, 0.2) is 12.1 Å². The molecule has 2 heterocycles. The Kier molecular flexibility index (Phi) is 2.16. The van der Waals surface area contributed by atoms with Crippen molar-refractivity contribution in [2.45, 2.75) is 0 Å². The van der Waals surface area contributed by atoms with Gasteiger partial charge in [0.15, 0.2) is 5.69 Å². The number of carboxylic acids is 2. The van der Waals surface area contributed by atoms with E-state index in [1.54, 1.807) is 0 Å². The molecule has 0 saturated carbocycles. The zero-order valence-corrected chi connectivity index (χ0v) is 7.76. The molecule has 8 nitrogen and oxygen atoms in total. The van der Waals surface area contributed by atoms with Gasteiger partial charge in [-0.15, -0.1) is 0 Å². The van der Waals surface area contributed by atoms with Gasteiger partial charge in [-0.05, 0) is 0 Å². The molecule has 2 aromatic heterocycles. The van der Waals surface area contributed by atoms with Gasteiger partial charge in [-0.1, -0.05) is 0 Å². The minimum absolute atomic E-state index is 0.0820. The van der Waals surface area contributed by atoms with Crippen LogP contribution >= 0.6 is 0 Å². The second-order valence-electron chi connectivity index (χ2n) is 2.94. The Labute approximate surface area is 87.9 Å². The summed E-state index contributed by atoms with van der Waals surface area (Å²) in [5, 5.41) is 29.3. The Bertz CT molecular complexity index is 506. The van der Waals surface area contributed by atoms with Crippen LogP contribution in [-0.4, -0.2) is 42.5 Å². The Morgan fingerprint density at radius 2 is 1.81 bits per heavy atom. The zero-order valence-electron chi connectivity index (χ0n) is 7.76. The third-order valence-electron chi connectivity index (χ3n) is 1.88. The molecule has 0 aliphatic rings. The summed E-state index contributed by atoms with van der Waals surface area (Å²) in [6.45, 7) is 0. The summed E-state index contributed by atoms with van der Waals surface area (Å²) >= 11 is 0. The van der Waals surface area contributed by atoms with Crippen LogP contribution in [0, 0.1) is 0 Å². The molecular formula is C8H6N4O4. The second-order valence-corrected chi connectivity index (χ2v) is 2.94. The zero-order chi connectivity index (χ0) is 11.7. The molecule has 0 aliphatic carbocycles. The van der Waals surface area contributed by atoms with Crippen LogP contribution in [0.3, 0.4) is 0 Å². The topological polar surface area (TPSA) is 132 Å². The number of nitrogens with one attached hydrogen (secondary N) is 2. The average molecular weight is 222 g/mol. The molecule has 0 fully saturated rings. The summed E-state index contributed by atoms with van der Waals surface area (Å²) in [6, 6.07) is 2.55. The van der Waals surface area contributed by atoms with Crippen molar-refractivity contribution in [3.8, 4) is 11.4 Å².